The first-order valence-electron chi connectivity index (χ1n) is 8.50. The van der Waals surface area contributed by atoms with Crippen LogP contribution in [0.2, 0.25) is 0 Å². The minimum Gasteiger partial charge on any atom is -0.458 e. The molecule has 3 unspecified atom stereocenters. The van der Waals surface area contributed by atoms with Gasteiger partial charge in [0.05, 0.1) is 5.56 Å². The summed E-state index contributed by atoms with van der Waals surface area (Å²) in [7, 11) is 0. The van der Waals surface area contributed by atoms with Crippen molar-refractivity contribution in [3.05, 3.63) is 35.9 Å². The molecule has 0 aliphatic heterocycles. The van der Waals surface area contributed by atoms with Crippen molar-refractivity contribution in [1.82, 2.24) is 0 Å². The average molecular weight is 392 g/mol. The zero-order valence-electron chi connectivity index (χ0n) is 15.6. The van der Waals surface area contributed by atoms with Gasteiger partial charge < -0.3 is 18.9 Å². The maximum atomic E-state index is 12.8. The Hall–Kier alpha value is -3.23. The minimum atomic E-state index is -1.58. The molecular formula is C19H20O9. The molecule has 2 rings (SSSR count). The summed E-state index contributed by atoms with van der Waals surface area (Å²) >= 11 is 0. The summed E-state index contributed by atoms with van der Waals surface area (Å²) < 4.78 is 20.5. The molecule has 1 aromatic carbocycles. The molecule has 0 aromatic heterocycles. The van der Waals surface area contributed by atoms with E-state index in [1.54, 1.807) is 18.2 Å². The van der Waals surface area contributed by atoms with Gasteiger partial charge in [-0.2, -0.15) is 0 Å². The van der Waals surface area contributed by atoms with Crippen LogP contribution in [0.15, 0.2) is 30.3 Å². The molecule has 4 atom stereocenters. The molecule has 1 aliphatic rings. The largest absolute Gasteiger partial charge is 0.458 e. The Balaban J connectivity index is 2.30. The van der Waals surface area contributed by atoms with Gasteiger partial charge in [0.2, 0.25) is 11.9 Å². The molecule has 1 aromatic rings. The number of benzene rings is 1. The van der Waals surface area contributed by atoms with Gasteiger partial charge in [0.25, 0.3) is 0 Å². The monoisotopic (exact) mass is 392 g/mol. The van der Waals surface area contributed by atoms with E-state index >= 15 is 0 Å². The fourth-order valence-electron chi connectivity index (χ4n) is 2.84. The first-order valence-corrected chi connectivity index (χ1v) is 8.50. The van der Waals surface area contributed by atoms with Crippen LogP contribution >= 0.6 is 0 Å². The van der Waals surface area contributed by atoms with Crippen LogP contribution in [0.3, 0.4) is 0 Å². The van der Waals surface area contributed by atoms with Crippen molar-refractivity contribution in [3.63, 3.8) is 0 Å². The molecule has 0 amide bonds. The predicted molar refractivity (Wildman–Crippen MR) is 91.9 cm³/mol. The summed E-state index contributed by atoms with van der Waals surface area (Å²) in [5.41, 5.74) is 0.213. The Morgan fingerprint density at radius 3 is 1.93 bits per heavy atom. The molecular weight excluding hydrogens is 372 g/mol. The van der Waals surface area contributed by atoms with Crippen LogP contribution in [0.4, 0.5) is 0 Å². The molecule has 1 aliphatic carbocycles. The molecule has 9 heteroatoms. The number of ether oxygens (including phenoxy) is 4. The van der Waals surface area contributed by atoms with E-state index in [9.17, 15) is 24.0 Å². The van der Waals surface area contributed by atoms with Gasteiger partial charge in [0.1, 0.15) is 6.10 Å². The van der Waals surface area contributed by atoms with E-state index in [0.717, 1.165) is 20.8 Å². The highest BCUT2D eigenvalue weighted by Gasteiger charge is 2.51. The standard InChI is InChI=1S/C19H20O9/c1-10(20)25-15-9-14(28-19(24)13-7-5-4-6-8-13)16(23)18(27-12(3)22)17(15)26-11(2)21/h4-8,14-15,17-18H,9H2,1-3H3/t14-,15?,17?,18?/m0/s1. The van der Waals surface area contributed by atoms with Gasteiger partial charge in [-0.05, 0) is 12.1 Å². The van der Waals surface area contributed by atoms with Gasteiger partial charge >= 0.3 is 23.9 Å². The van der Waals surface area contributed by atoms with Crippen molar-refractivity contribution in [2.75, 3.05) is 0 Å². The normalized spacial score (nSPS) is 24.0. The molecule has 1 saturated carbocycles. The molecule has 1 fully saturated rings. The first kappa shape index (κ1) is 21.1. The second kappa shape index (κ2) is 9.12. The van der Waals surface area contributed by atoms with E-state index in [1.807, 2.05) is 0 Å². The summed E-state index contributed by atoms with van der Waals surface area (Å²) in [5, 5.41) is 0. The molecule has 0 saturated heterocycles. The van der Waals surface area contributed by atoms with Crippen LogP contribution in [0.5, 0.6) is 0 Å². The Bertz CT molecular complexity index is 771. The fraction of sp³-hybridized carbons (Fsp3) is 0.421. The summed E-state index contributed by atoms with van der Waals surface area (Å²) in [6.07, 6.45) is -5.66. The number of carbonyl (C=O) groups excluding carboxylic acids is 5. The minimum absolute atomic E-state index is 0.213. The van der Waals surface area contributed by atoms with Gasteiger partial charge in [-0.1, -0.05) is 18.2 Å². The number of hydrogen-bond acceptors (Lipinski definition) is 9. The highest BCUT2D eigenvalue weighted by Crippen LogP contribution is 2.28. The van der Waals surface area contributed by atoms with Crippen LogP contribution in [0.1, 0.15) is 37.6 Å². The van der Waals surface area contributed by atoms with Gasteiger partial charge in [0, 0.05) is 27.2 Å². The number of esters is 4. The van der Waals surface area contributed by atoms with E-state index in [4.69, 9.17) is 18.9 Å². The summed E-state index contributed by atoms with van der Waals surface area (Å²) in [6, 6.07) is 7.97. The van der Waals surface area contributed by atoms with Crippen molar-refractivity contribution in [2.24, 2.45) is 0 Å². The molecule has 9 nitrogen and oxygen atoms in total. The maximum absolute atomic E-state index is 12.8. The average Bonchev–Trinajstić information content (AvgIpc) is 2.61. The molecule has 0 bridgehead atoms. The second-order valence-electron chi connectivity index (χ2n) is 6.15. The van der Waals surface area contributed by atoms with Crippen LogP contribution in [-0.2, 0) is 38.1 Å². The van der Waals surface area contributed by atoms with Crippen molar-refractivity contribution < 1.29 is 42.9 Å². The topological polar surface area (TPSA) is 122 Å². The second-order valence-corrected chi connectivity index (χ2v) is 6.15. The van der Waals surface area contributed by atoms with Crippen LogP contribution in [-0.4, -0.2) is 54.1 Å². The van der Waals surface area contributed by atoms with E-state index in [0.29, 0.717) is 0 Å². The van der Waals surface area contributed by atoms with Gasteiger partial charge in [-0.3, -0.25) is 19.2 Å². The van der Waals surface area contributed by atoms with Gasteiger partial charge in [0.15, 0.2) is 12.2 Å². The van der Waals surface area contributed by atoms with Crippen molar-refractivity contribution in [2.45, 2.75) is 51.6 Å². The van der Waals surface area contributed by atoms with Crippen molar-refractivity contribution in [1.29, 1.82) is 0 Å². The van der Waals surface area contributed by atoms with E-state index in [1.165, 1.54) is 12.1 Å². The molecule has 0 N–H and O–H groups in total. The van der Waals surface area contributed by atoms with Crippen LogP contribution in [0, 0.1) is 0 Å². The third kappa shape index (κ3) is 5.38. The summed E-state index contributed by atoms with van der Waals surface area (Å²) in [6.45, 7) is 3.30. The lowest BCUT2D eigenvalue weighted by Crippen LogP contribution is -2.58. The fourth-order valence-corrected chi connectivity index (χ4v) is 2.84. The van der Waals surface area contributed by atoms with Crippen molar-refractivity contribution in [3.8, 4) is 0 Å². The smallest absolute Gasteiger partial charge is 0.338 e. The van der Waals surface area contributed by atoms with Crippen LogP contribution < -0.4 is 0 Å². The van der Waals surface area contributed by atoms with Crippen molar-refractivity contribution >= 4 is 29.7 Å². The highest BCUT2D eigenvalue weighted by atomic mass is 16.6. The quantitative estimate of drug-likeness (QED) is 0.533. The molecule has 150 valence electrons. The Morgan fingerprint density at radius 1 is 0.821 bits per heavy atom. The summed E-state index contributed by atoms with van der Waals surface area (Å²) in [4.78, 5) is 59.4. The molecule has 0 radical (unpaired) electrons. The Morgan fingerprint density at radius 2 is 1.39 bits per heavy atom. The van der Waals surface area contributed by atoms with E-state index in [-0.39, 0.29) is 12.0 Å². The maximum Gasteiger partial charge on any atom is 0.338 e. The highest BCUT2D eigenvalue weighted by molar-refractivity contribution is 5.95. The summed E-state index contributed by atoms with van der Waals surface area (Å²) in [5.74, 6) is -3.81. The number of carbonyl (C=O) groups is 5. The molecule has 0 heterocycles. The Kier molecular flexibility index (Phi) is 6.86. The van der Waals surface area contributed by atoms with E-state index in [2.05, 4.69) is 0 Å². The van der Waals surface area contributed by atoms with E-state index < -0.39 is 54.1 Å². The van der Waals surface area contributed by atoms with Gasteiger partial charge in [-0.25, -0.2) is 4.79 Å². The Labute approximate surface area is 160 Å². The lowest BCUT2D eigenvalue weighted by atomic mass is 9.87. The number of ketones is 1. The zero-order chi connectivity index (χ0) is 20.8. The third-order valence-electron chi connectivity index (χ3n) is 3.88. The molecule has 0 spiro atoms. The lowest BCUT2D eigenvalue weighted by molar-refractivity contribution is -0.197. The van der Waals surface area contributed by atoms with Crippen LogP contribution in [0.25, 0.3) is 0 Å². The number of rotatable bonds is 5. The number of hydrogen-bond donors (Lipinski definition) is 0. The molecule has 28 heavy (non-hydrogen) atoms. The SMILES string of the molecule is CC(=O)OC1C[C@H](OC(=O)c2ccccc2)C(=O)C(OC(C)=O)C1OC(C)=O. The predicted octanol–water partition coefficient (Wildman–Crippen LogP) is 0.980. The third-order valence-corrected chi connectivity index (χ3v) is 3.88. The zero-order valence-corrected chi connectivity index (χ0v) is 15.6. The number of Topliss-reactive ketones (excluding diaryl/α,β-unsaturated/α-hetero) is 1. The lowest BCUT2D eigenvalue weighted by Gasteiger charge is -2.37. The van der Waals surface area contributed by atoms with Gasteiger partial charge in [-0.15, -0.1) is 0 Å². The first-order chi connectivity index (χ1) is 13.2.